The molecule has 0 fully saturated rings. The van der Waals surface area contributed by atoms with E-state index in [1.807, 2.05) is 12.1 Å². The highest BCUT2D eigenvalue weighted by Gasteiger charge is 2.28. The number of rotatable bonds is 12. The number of imide groups is 2. The number of carbonyl (C=O) groups excluding carboxylic acids is 4. The minimum atomic E-state index is -0.355. The molecule has 0 aromatic heterocycles. The Morgan fingerprint density at radius 2 is 0.857 bits per heavy atom. The molecule has 0 saturated heterocycles. The number of nitrogens with zero attached hydrogens (tertiary/aromatic N) is 2. The minimum Gasteiger partial charge on any atom is -0.457 e. The van der Waals surface area contributed by atoms with Crippen molar-refractivity contribution in [1.29, 1.82) is 0 Å². The number of benzene rings is 4. The maximum absolute atomic E-state index is 12.1. The predicted octanol–water partition coefficient (Wildman–Crippen LogP) is 8.36. The molecule has 248 valence electrons. The molecule has 4 aromatic rings. The van der Waals surface area contributed by atoms with Crippen LogP contribution in [0.1, 0.15) is 62.8 Å². The molecule has 2 aliphatic rings. The summed E-state index contributed by atoms with van der Waals surface area (Å²) in [5, 5.41) is 0. The lowest BCUT2D eigenvalue weighted by Crippen LogP contribution is -2.29. The molecule has 0 atom stereocenters. The van der Waals surface area contributed by atoms with Gasteiger partial charge < -0.3 is 9.47 Å². The molecule has 49 heavy (non-hydrogen) atoms. The first-order valence-electron chi connectivity index (χ1n) is 16.5. The van der Waals surface area contributed by atoms with E-state index in [1.54, 1.807) is 48.5 Å². The van der Waals surface area contributed by atoms with Crippen molar-refractivity contribution in [2.24, 2.45) is 0 Å². The fourth-order valence-corrected chi connectivity index (χ4v) is 6.12. The molecule has 0 spiro atoms. The summed E-state index contributed by atoms with van der Waals surface area (Å²) in [7, 11) is 0. The van der Waals surface area contributed by atoms with Gasteiger partial charge in [-0.1, -0.05) is 64.8 Å². The van der Waals surface area contributed by atoms with Crippen molar-refractivity contribution in [2.75, 3.05) is 9.80 Å². The van der Waals surface area contributed by atoms with Crippen molar-refractivity contribution in [3.63, 3.8) is 0 Å². The molecule has 4 aromatic carbocycles. The van der Waals surface area contributed by atoms with Gasteiger partial charge in [0.25, 0.3) is 23.6 Å². The largest absolute Gasteiger partial charge is 0.457 e. The quantitative estimate of drug-likeness (QED) is 0.143. The van der Waals surface area contributed by atoms with Gasteiger partial charge in [-0.25, -0.2) is 9.80 Å². The standard InChI is InChI=1S/C41H38N2O6/c1-5-7-27-25-29(9-19-35(27)48-33-15-11-31(12-16-33)42-37(44)21-22-38(42)45)41(3,4)30-10-20-36(28(26-30)8-6-2)49-34-17-13-32(14-18-34)43-39(46)23-24-40(43)47/h9-26H,5-8H2,1-4H3. The van der Waals surface area contributed by atoms with Gasteiger partial charge in [0.05, 0.1) is 11.4 Å². The van der Waals surface area contributed by atoms with Gasteiger partial charge in [0, 0.05) is 29.7 Å². The molecule has 0 bridgehead atoms. The highest BCUT2D eigenvalue weighted by atomic mass is 16.5. The lowest BCUT2D eigenvalue weighted by molar-refractivity contribution is -0.121. The second kappa shape index (κ2) is 13.8. The van der Waals surface area contributed by atoms with Crippen molar-refractivity contribution in [1.82, 2.24) is 0 Å². The number of hydrogen-bond donors (Lipinski definition) is 0. The molecule has 2 aliphatic heterocycles. The fraction of sp³-hybridized carbons (Fsp3) is 0.220. The van der Waals surface area contributed by atoms with Crippen LogP contribution >= 0.6 is 0 Å². The molecule has 8 heteroatoms. The number of ether oxygens (including phenoxy) is 2. The Labute approximate surface area is 286 Å². The van der Waals surface area contributed by atoms with Gasteiger partial charge in [-0.3, -0.25) is 19.2 Å². The van der Waals surface area contributed by atoms with E-state index in [0.717, 1.165) is 69.2 Å². The lowest BCUT2D eigenvalue weighted by atomic mass is 9.76. The maximum Gasteiger partial charge on any atom is 0.258 e. The molecule has 8 nitrogen and oxygen atoms in total. The van der Waals surface area contributed by atoms with Crippen LogP contribution in [0.15, 0.2) is 109 Å². The van der Waals surface area contributed by atoms with Crippen molar-refractivity contribution in [2.45, 2.75) is 58.8 Å². The van der Waals surface area contributed by atoms with Crippen LogP contribution in [0.4, 0.5) is 11.4 Å². The van der Waals surface area contributed by atoms with Crippen molar-refractivity contribution in [3.05, 3.63) is 131 Å². The van der Waals surface area contributed by atoms with Crippen molar-refractivity contribution < 1.29 is 28.7 Å². The second-order valence-electron chi connectivity index (χ2n) is 12.7. The predicted molar refractivity (Wildman–Crippen MR) is 189 cm³/mol. The van der Waals surface area contributed by atoms with Crippen LogP contribution in [0.2, 0.25) is 0 Å². The van der Waals surface area contributed by atoms with Crippen LogP contribution in [-0.2, 0) is 37.4 Å². The van der Waals surface area contributed by atoms with Crippen LogP contribution in [0.25, 0.3) is 0 Å². The maximum atomic E-state index is 12.1. The van der Waals surface area contributed by atoms with Crippen LogP contribution in [0.3, 0.4) is 0 Å². The van der Waals surface area contributed by atoms with E-state index >= 15 is 0 Å². The summed E-state index contributed by atoms with van der Waals surface area (Å²) in [6.07, 6.45) is 8.63. The Hall–Kier alpha value is -5.76. The van der Waals surface area contributed by atoms with E-state index in [4.69, 9.17) is 9.47 Å². The van der Waals surface area contributed by atoms with Gasteiger partial charge in [0.1, 0.15) is 23.0 Å². The molecule has 6 rings (SSSR count). The SMILES string of the molecule is CCCc1cc(C(C)(C)c2ccc(Oc3ccc(N4C(=O)C=CC4=O)cc3)c(CCC)c2)ccc1Oc1ccc(N2C(=O)C=CC2=O)cc1. The smallest absolute Gasteiger partial charge is 0.258 e. The van der Waals surface area contributed by atoms with Gasteiger partial charge in [-0.15, -0.1) is 0 Å². The summed E-state index contributed by atoms with van der Waals surface area (Å²) < 4.78 is 12.6. The van der Waals surface area contributed by atoms with E-state index in [9.17, 15) is 19.2 Å². The molecule has 2 heterocycles. The summed E-state index contributed by atoms with van der Waals surface area (Å²) in [4.78, 5) is 50.5. The number of carbonyl (C=O) groups is 4. The van der Waals surface area contributed by atoms with E-state index in [2.05, 4.69) is 52.0 Å². The van der Waals surface area contributed by atoms with E-state index in [-0.39, 0.29) is 29.0 Å². The zero-order chi connectivity index (χ0) is 34.7. The second-order valence-corrected chi connectivity index (χ2v) is 12.7. The van der Waals surface area contributed by atoms with Crippen molar-refractivity contribution in [3.8, 4) is 23.0 Å². The van der Waals surface area contributed by atoms with Crippen molar-refractivity contribution >= 4 is 35.0 Å². The molecule has 0 aliphatic carbocycles. The summed E-state index contributed by atoms with van der Waals surface area (Å²) in [6.45, 7) is 8.71. The average molecular weight is 655 g/mol. The van der Waals surface area contributed by atoms with Gasteiger partial charge in [0.2, 0.25) is 0 Å². The molecule has 0 unspecified atom stereocenters. The first-order chi connectivity index (χ1) is 23.6. The van der Waals surface area contributed by atoms with E-state index in [0.29, 0.717) is 22.9 Å². The van der Waals surface area contributed by atoms with Gasteiger partial charge in [-0.05, 0) is 95.8 Å². The third-order valence-electron chi connectivity index (χ3n) is 8.87. The summed E-state index contributed by atoms with van der Waals surface area (Å²) in [5.74, 6) is 1.34. The van der Waals surface area contributed by atoms with E-state index < -0.39 is 0 Å². The Morgan fingerprint density at radius 1 is 0.510 bits per heavy atom. The molecule has 0 N–H and O–H groups in total. The lowest BCUT2D eigenvalue weighted by Gasteiger charge is -2.28. The highest BCUT2D eigenvalue weighted by Crippen LogP contribution is 2.39. The minimum absolute atomic E-state index is 0.322. The zero-order valence-corrected chi connectivity index (χ0v) is 28.1. The average Bonchev–Trinajstić information content (AvgIpc) is 3.61. The normalized spacial score (nSPS) is 14.4. The zero-order valence-electron chi connectivity index (χ0n) is 28.1. The fourth-order valence-electron chi connectivity index (χ4n) is 6.12. The number of hydrogen-bond acceptors (Lipinski definition) is 6. The molecular weight excluding hydrogens is 616 g/mol. The number of amides is 4. The molecule has 0 saturated carbocycles. The Kier molecular flexibility index (Phi) is 9.31. The number of anilines is 2. The first kappa shape index (κ1) is 33.2. The monoisotopic (exact) mass is 654 g/mol. The van der Waals surface area contributed by atoms with Crippen LogP contribution < -0.4 is 19.3 Å². The van der Waals surface area contributed by atoms with Crippen LogP contribution in [0, 0.1) is 0 Å². The Bertz CT molecular complexity index is 1810. The molecule has 0 radical (unpaired) electrons. The summed E-state index contributed by atoms with van der Waals surface area (Å²) >= 11 is 0. The summed E-state index contributed by atoms with van der Waals surface area (Å²) in [6, 6.07) is 26.6. The van der Waals surface area contributed by atoms with Crippen LogP contribution in [-0.4, -0.2) is 23.6 Å². The highest BCUT2D eigenvalue weighted by molar-refractivity contribution is 6.28. The third-order valence-corrected chi connectivity index (χ3v) is 8.87. The third kappa shape index (κ3) is 6.81. The van der Waals surface area contributed by atoms with Crippen LogP contribution in [0.5, 0.6) is 23.0 Å². The Morgan fingerprint density at radius 3 is 1.18 bits per heavy atom. The number of aryl methyl sites for hydroxylation is 2. The summed E-state index contributed by atoms with van der Waals surface area (Å²) in [5.41, 5.74) is 5.18. The van der Waals surface area contributed by atoms with Gasteiger partial charge >= 0.3 is 0 Å². The molecule has 4 amide bonds. The topological polar surface area (TPSA) is 93.2 Å². The Balaban J connectivity index is 1.21. The molecular formula is C41H38N2O6. The van der Waals surface area contributed by atoms with E-state index in [1.165, 1.54) is 24.3 Å². The van der Waals surface area contributed by atoms with Gasteiger partial charge in [0.15, 0.2) is 0 Å². The van der Waals surface area contributed by atoms with Gasteiger partial charge in [-0.2, -0.15) is 0 Å². The first-order valence-corrected chi connectivity index (χ1v) is 16.5.